The van der Waals surface area contributed by atoms with E-state index in [1.54, 1.807) is 6.92 Å². The number of rotatable bonds is 7. The molecule has 0 fully saturated rings. The Balaban J connectivity index is 4.05. The number of halogens is 1. The number of alkyl halides is 1. The molecule has 92 valence electrons. The van der Waals surface area contributed by atoms with Crippen LogP contribution in [0.5, 0.6) is 0 Å². The maximum Gasteiger partial charge on any atom is 0.404 e. The van der Waals surface area contributed by atoms with Crippen LogP contribution >= 0.6 is 22.6 Å². The van der Waals surface area contributed by atoms with E-state index in [0.29, 0.717) is 10.5 Å². The molecule has 2 N–H and O–H groups in total. The minimum atomic E-state index is -0.972. The first-order valence-electron chi connectivity index (χ1n) is 5.65. The van der Waals surface area contributed by atoms with Crippen LogP contribution in [0.15, 0.2) is 0 Å². The largest absolute Gasteiger partial charge is 0.465 e. The Kier molecular flexibility index (Phi) is 9.49. The van der Waals surface area contributed by atoms with Crippen molar-refractivity contribution in [3.05, 3.63) is 0 Å². The first-order valence-corrected chi connectivity index (χ1v) is 6.89. The summed E-state index contributed by atoms with van der Waals surface area (Å²) in [6, 6.07) is 0. The zero-order valence-corrected chi connectivity index (χ0v) is 12.1. The van der Waals surface area contributed by atoms with E-state index in [0.717, 1.165) is 6.42 Å². The van der Waals surface area contributed by atoms with Crippen molar-refractivity contribution in [2.45, 2.75) is 43.5 Å². The van der Waals surface area contributed by atoms with E-state index >= 15 is 0 Å². The minimum absolute atomic E-state index is 0.124. The van der Waals surface area contributed by atoms with Gasteiger partial charge in [0.15, 0.2) is 0 Å². The lowest BCUT2D eigenvalue weighted by molar-refractivity contribution is 0.193. The van der Waals surface area contributed by atoms with Gasteiger partial charge < -0.3 is 10.4 Å². The van der Waals surface area contributed by atoms with Crippen LogP contribution in [0.3, 0.4) is 0 Å². The van der Waals surface area contributed by atoms with Gasteiger partial charge in [-0.25, -0.2) is 4.79 Å². The van der Waals surface area contributed by atoms with E-state index in [9.17, 15) is 4.79 Å². The Morgan fingerprint density at radius 2 is 2.19 bits per heavy atom. The van der Waals surface area contributed by atoms with Crippen LogP contribution in [0.25, 0.3) is 0 Å². The van der Waals surface area contributed by atoms with Gasteiger partial charge in [-0.2, -0.15) is 0 Å². The van der Waals surface area contributed by atoms with Gasteiger partial charge in [0.2, 0.25) is 0 Å². The average molecular weight is 337 g/mol. The molecule has 0 rings (SSSR count). The zero-order valence-electron chi connectivity index (χ0n) is 9.92. The number of hydrogen-bond donors (Lipinski definition) is 2. The van der Waals surface area contributed by atoms with Crippen molar-refractivity contribution in [1.29, 1.82) is 0 Å². The summed E-state index contributed by atoms with van der Waals surface area (Å²) in [4.78, 5) is 10.4. The van der Waals surface area contributed by atoms with Crippen LogP contribution in [0, 0.1) is 17.8 Å². The molecule has 0 aliphatic rings. The van der Waals surface area contributed by atoms with Crippen molar-refractivity contribution in [3.8, 4) is 11.8 Å². The fourth-order valence-electron chi connectivity index (χ4n) is 1.44. The van der Waals surface area contributed by atoms with Crippen LogP contribution < -0.4 is 5.32 Å². The van der Waals surface area contributed by atoms with Crippen LogP contribution in [-0.4, -0.2) is 21.7 Å². The van der Waals surface area contributed by atoms with Crippen molar-refractivity contribution in [1.82, 2.24) is 5.32 Å². The molecule has 16 heavy (non-hydrogen) atoms. The maximum atomic E-state index is 10.4. The Morgan fingerprint density at radius 3 is 2.69 bits per heavy atom. The van der Waals surface area contributed by atoms with Crippen LogP contribution in [0.4, 0.5) is 4.79 Å². The van der Waals surface area contributed by atoms with E-state index in [4.69, 9.17) is 5.11 Å². The van der Waals surface area contributed by atoms with Crippen LogP contribution in [-0.2, 0) is 0 Å². The molecule has 0 bridgehead atoms. The third-order valence-corrected chi connectivity index (χ3v) is 3.81. The smallest absolute Gasteiger partial charge is 0.404 e. The Bertz CT molecular complexity index is 257. The molecule has 0 aromatic rings. The van der Waals surface area contributed by atoms with Gasteiger partial charge in [-0.15, -0.1) is 5.92 Å². The SMILES string of the molecule is CC#CC(CNC(=O)O)C(I)CCCCC. The standard InChI is InChI=1S/C12H20INO2/c1-3-5-6-8-11(13)10(7-4-2)9-14-12(15)16/h10-11,14H,3,5-6,8-9H2,1-2H3,(H,15,16). The molecule has 0 aromatic carbocycles. The molecule has 0 aromatic heterocycles. The lowest BCUT2D eigenvalue weighted by atomic mass is 10.0. The van der Waals surface area contributed by atoms with Gasteiger partial charge in [-0.1, -0.05) is 54.7 Å². The highest BCUT2D eigenvalue weighted by Gasteiger charge is 2.16. The maximum absolute atomic E-state index is 10.4. The van der Waals surface area contributed by atoms with E-state index in [1.807, 2.05) is 0 Å². The predicted octanol–water partition coefficient (Wildman–Crippen LogP) is 3.28. The highest BCUT2D eigenvalue weighted by molar-refractivity contribution is 14.1. The minimum Gasteiger partial charge on any atom is -0.465 e. The van der Waals surface area contributed by atoms with E-state index in [-0.39, 0.29) is 5.92 Å². The van der Waals surface area contributed by atoms with Gasteiger partial charge in [-0.3, -0.25) is 0 Å². The van der Waals surface area contributed by atoms with E-state index < -0.39 is 6.09 Å². The topological polar surface area (TPSA) is 49.3 Å². The summed E-state index contributed by atoms with van der Waals surface area (Å²) in [5.41, 5.74) is 0. The van der Waals surface area contributed by atoms with Crippen molar-refractivity contribution >= 4 is 28.7 Å². The van der Waals surface area contributed by atoms with Crippen LogP contribution in [0.2, 0.25) is 0 Å². The van der Waals surface area contributed by atoms with Crippen molar-refractivity contribution < 1.29 is 9.90 Å². The lowest BCUT2D eigenvalue weighted by Gasteiger charge is -2.17. The first kappa shape index (κ1) is 15.6. The van der Waals surface area contributed by atoms with Crippen LogP contribution in [0.1, 0.15) is 39.5 Å². The summed E-state index contributed by atoms with van der Waals surface area (Å²) in [5, 5.41) is 11.0. The molecular formula is C12H20INO2. The van der Waals surface area contributed by atoms with Gasteiger partial charge in [0, 0.05) is 16.4 Å². The van der Waals surface area contributed by atoms with Crippen molar-refractivity contribution in [2.24, 2.45) is 5.92 Å². The number of carboxylic acid groups (broad SMARTS) is 1. The molecule has 2 unspecified atom stereocenters. The van der Waals surface area contributed by atoms with Gasteiger partial charge in [-0.05, 0) is 13.3 Å². The highest BCUT2D eigenvalue weighted by Crippen LogP contribution is 2.19. The van der Waals surface area contributed by atoms with Gasteiger partial charge in [0.1, 0.15) is 0 Å². The number of nitrogens with one attached hydrogen (secondary N) is 1. The Labute approximate surface area is 112 Å². The number of unbranched alkanes of at least 4 members (excludes halogenated alkanes) is 2. The second kappa shape index (κ2) is 9.76. The fourth-order valence-corrected chi connectivity index (χ4v) is 2.32. The summed E-state index contributed by atoms with van der Waals surface area (Å²) in [5.74, 6) is 6.08. The monoisotopic (exact) mass is 337 g/mol. The molecule has 0 saturated carbocycles. The second-order valence-electron chi connectivity index (χ2n) is 3.70. The molecule has 0 spiro atoms. The molecule has 0 saturated heterocycles. The summed E-state index contributed by atoms with van der Waals surface area (Å²) in [6.07, 6.45) is 3.77. The molecule has 2 atom stereocenters. The zero-order chi connectivity index (χ0) is 12.4. The lowest BCUT2D eigenvalue weighted by Crippen LogP contribution is -2.31. The molecule has 0 heterocycles. The van der Waals surface area contributed by atoms with Gasteiger partial charge in [0.05, 0.1) is 0 Å². The number of hydrogen-bond acceptors (Lipinski definition) is 1. The molecule has 1 amide bonds. The molecule has 0 aliphatic carbocycles. The second-order valence-corrected chi connectivity index (χ2v) is 5.30. The Hall–Kier alpha value is -0.440. The number of carbonyl (C=O) groups is 1. The number of amides is 1. The third kappa shape index (κ3) is 7.80. The van der Waals surface area contributed by atoms with Gasteiger partial charge >= 0.3 is 6.09 Å². The summed E-state index contributed by atoms with van der Waals surface area (Å²) in [6.45, 7) is 4.40. The summed E-state index contributed by atoms with van der Waals surface area (Å²) < 4.78 is 0.420. The summed E-state index contributed by atoms with van der Waals surface area (Å²) >= 11 is 2.38. The normalized spacial score (nSPS) is 13.4. The van der Waals surface area contributed by atoms with Gasteiger partial charge in [0.25, 0.3) is 0 Å². The van der Waals surface area contributed by atoms with Crippen molar-refractivity contribution in [2.75, 3.05) is 6.54 Å². The predicted molar refractivity (Wildman–Crippen MR) is 74.9 cm³/mol. The molecule has 4 heteroatoms. The average Bonchev–Trinajstić information content (AvgIpc) is 2.24. The summed E-state index contributed by atoms with van der Waals surface area (Å²) in [7, 11) is 0. The molecular weight excluding hydrogens is 317 g/mol. The first-order chi connectivity index (χ1) is 7.61. The third-order valence-electron chi connectivity index (χ3n) is 2.32. The quantitative estimate of drug-likeness (QED) is 0.324. The fraction of sp³-hybridized carbons (Fsp3) is 0.750. The highest BCUT2D eigenvalue weighted by atomic mass is 127. The van der Waals surface area contributed by atoms with Crippen molar-refractivity contribution in [3.63, 3.8) is 0 Å². The molecule has 0 radical (unpaired) electrons. The molecule has 0 aliphatic heterocycles. The van der Waals surface area contributed by atoms with E-state index in [2.05, 4.69) is 46.7 Å². The Morgan fingerprint density at radius 1 is 1.50 bits per heavy atom. The molecule has 3 nitrogen and oxygen atoms in total. The van der Waals surface area contributed by atoms with E-state index in [1.165, 1.54) is 19.3 Å².